The van der Waals surface area contributed by atoms with E-state index in [9.17, 15) is 4.39 Å². The molecule has 0 spiro atoms. The third kappa shape index (κ3) is 2.36. The van der Waals surface area contributed by atoms with Gasteiger partial charge in [-0.25, -0.2) is 9.37 Å². The van der Waals surface area contributed by atoms with Gasteiger partial charge in [0.05, 0.1) is 18.1 Å². The topological polar surface area (TPSA) is 29.9 Å². The summed E-state index contributed by atoms with van der Waals surface area (Å²) in [7, 11) is 3.81. The minimum Gasteiger partial charge on any atom is -0.340 e. The fourth-order valence-electron chi connectivity index (χ4n) is 2.01. The number of aryl methyl sites for hydroxylation is 2. The van der Waals surface area contributed by atoms with Crippen LogP contribution in [0, 0.1) is 12.7 Å². The fraction of sp³-hybridized carbons (Fsp3) is 0.308. The van der Waals surface area contributed by atoms with Gasteiger partial charge >= 0.3 is 0 Å². The van der Waals surface area contributed by atoms with E-state index in [0.717, 1.165) is 16.8 Å². The molecular formula is C13H16FN3. The Kier molecular flexibility index (Phi) is 3.24. The average molecular weight is 233 g/mol. The van der Waals surface area contributed by atoms with E-state index in [-0.39, 0.29) is 11.9 Å². The van der Waals surface area contributed by atoms with Crippen molar-refractivity contribution in [2.75, 3.05) is 7.05 Å². The van der Waals surface area contributed by atoms with Gasteiger partial charge in [-0.3, -0.25) is 0 Å². The maximum Gasteiger partial charge on any atom is 0.123 e. The minimum atomic E-state index is -0.206. The third-order valence-electron chi connectivity index (χ3n) is 2.85. The summed E-state index contributed by atoms with van der Waals surface area (Å²) in [5.74, 6) is -0.206. The SMILES string of the molecule is CNC(c1cn(C)cn1)c1ccc(F)cc1C. The molecule has 2 aromatic rings. The van der Waals surface area contributed by atoms with Gasteiger partial charge in [0.15, 0.2) is 0 Å². The highest BCUT2D eigenvalue weighted by Crippen LogP contribution is 2.23. The normalized spacial score (nSPS) is 12.7. The summed E-state index contributed by atoms with van der Waals surface area (Å²) in [6.07, 6.45) is 3.72. The summed E-state index contributed by atoms with van der Waals surface area (Å²) in [6.45, 7) is 1.91. The van der Waals surface area contributed by atoms with Gasteiger partial charge in [-0.2, -0.15) is 0 Å². The number of halogens is 1. The molecule has 1 aromatic heterocycles. The summed E-state index contributed by atoms with van der Waals surface area (Å²) in [5.41, 5.74) is 2.91. The first-order valence-corrected chi connectivity index (χ1v) is 5.53. The summed E-state index contributed by atoms with van der Waals surface area (Å²) in [5, 5.41) is 3.21. The van der Waals surface area contributed by atoms with Crippen LogP contribution in [0.3, 0.4) is 0 Å². The molecule has 0 saturated carbocycles. The van der Waals surface area contributed by atoms with Crippen molar-refractivity contribution in [1.29, 1.82) is 0 Å². The van der Waals surface area contributed by atoms with Gasteiger partial charge < -0.3 is 9.88 Å². The van der Waals surface area contributed by atoms with Crippen LogP contribution in [0.25, 0.3) is 0 Å². The lowest BCUT2D eigenvalue weighted by Crippen LogP contribution is -2.19. The van der Waals surface area contributed by atoms with Gasteiger partial charge in [0.2, 0.25) is 0 Å². The molecule has 0 aliphatic heterocycles. The van der Waals surface area contributed by atoms with Crippen LogP contribution in [-0.4, -0.2) is 16.6 Å². The molecule has 0 saturated heterocycles. The Bertz CT molecular complexity index is 519. The van der Waals surface area contributed by atoms with Crippen molar-refractivity contribution in [3.05, 3.63) is 53.4 Å². The van der Waals surface area contributed by atoms with Crippen LogP contribution in [0.2, 0.25) is 0 Å². The van der Waals surface area contributed by atoms with E-state index >= 15 is 0 Å². The zero-order valence-electron chi connectivity index (χ0n) is 10.2. The molecular weight excluding hydrogens is 217 g/mol. The highest BCUT2D eigenvalue weighted by atomic mass is 19.1. The number of nitrogens with zero attached hydrogens (tertiary/aromatic N) is 2. The largest absolute Gasteiger partial charge is 0.340 e. The predicted octanol–water partition coefficient (Wildman–Crippen LogP) is 2.18. The van der Waals surface area contributed by atoms with E-state index in [1.807, 2.05) is 31.8 Å². The van der Waals surface area contributed by atoms with Crippen molar-refractivity contribution in [2.24, 2.45) is 7.05 Å². The van der Waals surface area contributed by atoms with Crippen LogP contribution in [0.5, 0.6) is 0 Å². The lowest BCUT2D eigenvalue weighted by atomic mass is 9.99. The van der Waals surface area contributed by atoms with E-state index in [4.69, 9.17) is 0 Å². The van der Waals surface area contributed by atoms with E-state index in [2.05, 4.69) is 10.3 Å². The standard InChI is InChI=1S/C13H16FN3/c1-9-6-10(14)4-5-11(9)13(15-2)12-7-17(3)8-16-12/h4-8,13,15H,1-3H3. The average Bonchev–Trinajstić information content (AvgIpc) is 2.69. The second kappa shape index (κ2) is 4.67. The van der Waals surface area contributed by atoms with Crippen molar-refractivity contribution >= 4 is 0 Å². The molecule has 0 radical (unpaired) electrons. The van der Waals surface area contributed by atoms with E-state index in [1.165, 1.54) is 6.07 Å². The summed E-state index contributed by atoms with van der Waals surface area (Å²) < 4.78 is 15.0. The molecule has 0 aliphatic carbocycles. The van der Waals surface area contributed by atoms with Gasteiger partial charge in [-0.1, -0.05) is 6.07 Å². The highest BCUT2D eigenvalue weighted by Gasteiger charge is 2.16. The number of aromatic nitrogens is 2. The van der Waals surface area contributed by atoms with Gasteiger partial charge in [-0.05, 0) is 37.2 Å². The molecule has 3 nitrogen and oxygen atoms in total. The number of rotatable bonds is 3. The zero-order valence-corrected chi connectivity index (χ0v) is 10.2. The van der Waals surface area contributed by atoms with Crippen LogP contribution in [-0.2, 0) is 7.05 Å². The number of hydrogen-bond acceptors (Lipinski definition) is 2. The lowest BCUT2D eigenvalue weighted by molar-refractivity contribution is 0.619. The Morgan fingerprint density at radius 3 is 2.71 bits per heavy atom. The maximum atomic E-state index is 13.1. The number of benzene rings is 1. The number of hydrogen-bond donors (Lipinski definition) is 1. The minimum absolute atomic E-state index is 0.00296. The van der Waals surface area contributed by atoms with Gasteiger partial charge in [-0.15, -0.1) is 0 Å². The summed E-state index contributed by atoms with van der Waals surface area (Å²) in [4.78, 5) is 4.33. The monoisotopic (exact) mass is 233 g/mol. The molecule has 1 unspecified atom stereocenters. The quantitative estimate of drug-likeness (QED) is 0.880. The Morgan fingerprint density at radius 1 is 1.41 bits per heavy atom. The van der Waals surface area contributed by atoms with Gasteiger partial charge in [0.1, 0.15) is 5.82 Å². The number of imidazole rings is 1. The van der Waals surface area contributed by atoms with Gasteiger partial charge in [0.25, 0.3) is 0 Å². The van der Waals surface area contributed by atoms with Crippen molar-refractivity contribution < 1.29 is 4.39 Å². The summed E-state index contributed by atoms with van der Waals surface area (Å²) >= 11 is 0. The first kappa shape index (κ1) is 11.8. The highest BCUT2D eigenvalue weighted by molar-refractivity contribution is 5.34. The second-order valence-corrected chi connectivity index (χ2v) is 4.19. The Labute approximate surface area is 100 Å². The molecule has 1 heterocycles. The Balaban J connectivity index is 2.42. The smallest absolute Gasteiger partial charge is 0.123 e. The third-order valence-corrected chi connectivity index (χ3v) is 2.85. The number of nitrogens with one attached hydrogen (secondary N) is 1. The maximum absolute atomic E-state index is 13.1. The molecule has 17 heavy (non-hydrogen) atoms. The fourth-order valence-corrected chi connectivity index (χ4v) is 2.01. The molecule has 4 heteroatoms. The Hall–Kier alpha value is -1.68. The second-order valence-electron chi connectivity index (χ2n) is 4.19. The lowest BCUT2D eigenvalue weighted by Gasteiger charge is -2.16. The van der Waals surface area contributed by atoms with E-state index < -0.39 is 0 Å². The van der Waals surface area contributed by atoms with Crippen LogP contribution in [0.1, 0.15) is 22.9 Å². The van der Waals surface area contributed by atoms with E-state index in [1.54, 1.807) is 18.5 Å². The van der Waals surface area contributed by atoms with Gasteiger partial charge in [0, 0.05) is 13.2 Å². The first-order valence-electron chi connectivity index (χ1n) is 5.53. The first-order chi connectivity index (χ1) is 8.11. The Morgan fingerprint density at radius 2 is 2.18 bits per heavy atom. The van der Waals surface area contributed by atoms with Crippen LogP contribution in [0.4, 0.5) is 4.39 Å². The van der Waals surface area contributed by atoms with Crippen molar-refractivity contribution in [2.45, 2.75) is 13.0 Å². The van der Waals surface area contributed by atoms with Crippen molar-refractivity contribution in [1.82, 2.24) is 14.9 Å². The van der Waals surface area contributed by atoms with Crippen molar-refractivity contribution in [3.8, 4) is 0 Å². The predicted molar refractivity (Wildman–Crippen MR) is 65.2 cm³/mol. The summed E-state index contributed by atoms with van der Waals surface area (Å²) in [6, 6.07) is 4.83. The molecule has 0 bridgehead atoms. The molecule has 2 rings (SSSR count). The molecule has 0 aliphatic rings. The van der Waals surface area contributed by atoms with Crippen molar-refractivity contribution in [3.63, 3.8) is 0 Å². The van der Waals surface area contributed by atoms with Crippen LogP contribution in [0.15, 0.2) is 30.7 Å². The molecule has 1 aromatic carbocycles. The molecule has 90 valence electrons. The van der Waals surface area contributed by atoms with Crippen LogP contribution < -0.4 is 5.32 Å². The zero-order chi connectivity index (χ0) is 12.4. The van der Waals surface area contributed by atoms with Crippen LogP contribution >= 0.6 is 0 Å². The molecule has 1 atom stereocenters. The molecule has 0 amide bonds. The molecule has 0 fully saturated rings. The van der Waals surface area contributed by atoms with E-state index in [0.29, 0.717) is 0 Å². The molecule has 1 N–H and O–H groups in total.